The molecule has 0 aliphatic heterocycles. The number of allylic oxidation sites excluding steroid dienone is 9. The van der Waals surface area contributed by atoms with E-state index in [0.717, 1.165) is 42.8 Å². The molecule has 0 N–H and O–H groups in total. The molecular formula is C41H33N3. The van der Waals surface area contributed by atoms with Crippen molar-refractivity contribution in [2.75, 3.05) is 0 Å². The lowest BCUT2D eigenvalue weighted by Crippen LogP contribution is -2.09. The maximum absolute atomic E-state index is 5.31. The van der Waals surface area contributed by atoms with Crippen molar-refractivity contribution >= 4 is 17.0 Å². The molecule has 212 valence electrons. The van der Waals surface area contributed by atoms with Crippen LogP contribution in [0.2, 0.25) is 0 Å². The highest BCUT2D eigenvalue weighted by Crippen LogP contribution is 2.47. The second-order valence-electron chi connectivity index (χ2n) is 12.4. The molecular weight excluding hydrogens is 534 g/mol. The van der Waals surface area contributed by atoms with Gasteiger partial charge in [-0.15, -0.1) is 0 Å². The third-order valence-corrected chi connectivity index (χ3v) is 9.83. The van der Waals surface area contributed by atoms with Crippen LogP contribution in [0.25, 0.3) is 45.2 Å². The monoisotopic (exact) mass is 567 g/mol. The number of aromatic nitrogens is 3. The number of pyridine rings is 2. The average Bonchev–Trinajstić information content (AvgIpc) is 3.64. The minimum atomic E-state index is 0.959. The fourth-order valence-electron chi connectivity index (χ4n) is 7.70. The van der Waals surface area contributed by atoms with Crippen molar-refractivity contribution in [3.8, 4) is 28.2 Å². The minimum absolute atomic E-state index is 0.959. The Morgan fingerprint density at radius 1 is 0.659 bits per heavy atom. The Morgan fingerprint density at radius 2 is 1.43 bits per heavy atom. The molecule has 3 heteroatoms. The Hall–Kier alpha value is -5.02. The van der Waals surface area contributed by atoms with Crippen molar-refractivity contribution in [2.24, 2.45) is 0 Å². The third-order valence-electron chi connectivity index (χ3n) is 9.83. The van der Waals surface area contributed by atoms with Gasteiger partial charge in [0.2, 0.25) is 0 Å². The van der Waals surface area contributed by atoms with Gasteiger partial charge < -0.3 is 0 Å². The van der Waals surface area contributed by atoms with Gasteiger partial charge in [0.05, 0.1) is 11.2 Å². The van der Waals surface area contributed by atoms with E-state index in [1.807, 2.05) is 12.4 Å². The van der Waals surface area contributed by atoms with Crippen molar-refractivity contribution in [1.82, 2.24) is 14.5 Å². The topological polar surface area (TPSA) is 30.7 Å². The highest BCUT2D eigenvalue weighted by molar-refractivity contribution is 5.94. The molecule has 0 saturated heterocycles. The molecule has 9 rings (SSSR count). The highest BCUT2D eigenvalue weighted by Gasteiger charge is 2.29. The van der Waals surface area contributed by atoms with E-state index < -0.39 is 0 Å². The maximum Gasteiger partial charge on any atom is 0.138 e. The number of nitrogens with zero attached hydrogens (tertiary/aromatic N) is 3. The molecule has 44 heavy (non-hydrogen) atoms. The predicted octanol–water partition coefficient (Wildman–Crippen LogP) is 10.2. The first-order valence-electron chi connectivity index (χ1n) is 15.9. The van der Waals surface area contributed by atoms with Crippen LogP contribution >= 0.6 is 0 Å². The van der Waals surface area contributed by atoms with Crippen LogP contribution in [0.3, 0.4) is 0 Å². The Labute approximate surface area is 258 Å². The zero-order chi connectivity index (χ0) is 29.0. The second-order valence-corrected chi connectivity index (χ2v) is 12.4. The largest absolute Gasteiger partial charge is 0.297 e. The van der Waals surface area contributed by atoms with E-state index in [4.69, 9.17) is 4.98 Å². The molecule has 0 amide bonds. The second kappa shape index (κ2) is 10.3. The molecule has 2 aromatic carbocycles. The first-order chi connectivity index (χ1) is 21.8. The minimum Gasteiger partial charge on any atom is -0.297 e. The van der Waals surface area contributed by atoms with Crippen molar-refractivity contribution < 1.29 is 0 Å². The van der Waals surface area contributed by atoms with Crippen LogP contribution in [-0.4, -0.2) is 14.5 Å². The first-order valence-corrected chi connectivity index (χ1v) is 15.9. The van der Waals surface area contributed by atoms with Crippen molar-refractivity contribution in [2.45, 2.75) is 44.9 Å². The van der Waals surface area contributed by atoms with Gasteiger partial charge in [0.15, 0.2) is 0 Å². The summed E-state index contributed by atoms with van der Waals surface area (Å²) in [6, 6.07) is 27.8. The Kier molecular flexibility index (Phi) is 5.97. The number of rotatable bonds is 4. The van der Waals surface area contributed by atoms with E-state index in [1.54, 1.807) is 11.1 Å². The standard InChI is InChI=1S/C41H33N3/c1-3-9-27(10-4-1)33-24-38(28-11-5-2-6-12-28)43-41(25-33)44-39-18-17-30(23-36(39)37-26-42-20-19-40(37)44)29-15-16-32-21-31-13-7-8-14-34(31)35(32)22-29/h1-6,9-14,19-20,22-26H,7-8,15-18,21H2. The van der Waals surface area contributed by atoms with E-state index >= 15 is 0 Å². The zero-order valence-corrected chi connectivity index (χ0v) is 24.8. The van der Waals surface area contributed by atoms with E-state index in [1.165, 1.54) is 74.8 Å². The number of hydrogen-bond acceptors (Lipinski definition) is 2. The van der Waals surface area contributed by atoms with Crippen molar-refractivity contribution in [1.29, 1.82) is 0 Å². The van der Waals surface area contributed by atoms with E-state index in [-0.39, 0.29) is 0 Å². The van der Waals surface area contributed by atoms with Gasteiger partial charge in [-0.25, -0.2) is 4.98 Å². The Bertz CT molecular complexity index is 2060. The molecule has 0 saturated carbocycles. The van der Waals surface area contributed by atoms with Gasteiger partial charge in [-0.2, -0.15) is 0 Å². The van der Waals surface area contributed by atoms with Gasteiger partial charge in [-0.3, -0.25) is 9.55 Å². The van der Waals surface area contributed by atoms with Crippen molar-refractivity contribution in [3.05, 3.63) is 154 Å². The van der Waals surface area contributed by atoms with Gasteiger partial charge in [0, 0.05) is 34.6 Å². The first kappa shape index (κ1) is 25.5. The summed E-state index contributed by atoms with van der Waals surface area (Å²) in [5, 5.41) is 1.20. The van der Waals surface area contributed by atoms with Crippen LogP contribution in [0.15, 0.2) is 143 Å². The fraction of sp³-hybridized carbons (Fsp3) is 0.171. The normalized spacial score (nSPS) is 17.4. The summed E-state index contributed by atoms with van der Waals surface area (Å²) in [5.74, 6) is 0.959. The van der Waals surface area contributed by atoms with Crippen LogP contribution < -0.4 is 0 Å². The van der Waals surface area contributed by atoms with Crippen LogP contribution in [0.1, 0.15) is 49.8 Å². The van der Waals surface area contributed by atoms with Gasteiger partial charge in [0.1, 0.15) is 5.82 Å². The van der Waals surface area contributed by atoms with Crippen molar-refractivity contribution in [3.63, 3.8) is 0 Å². The van der Waals surface area contributed by atoms with Crippen LogP contribution in [0.4, 0.5) is 0 Å². The van der Waals surface area contributed by atoms with Crippen LogP contribution in [0.5, 0.6) is 0 Å². The van der Waals surface area contributed by atoms with Gasteiger partial charge in [-0.05, 0) is 108 Å². The molecule has 4 aliphatic rings. The predicted molar refractivity (Wildman–Crippen MR) is 180 cm³/mol. The van der Waals surface area contributed by atoms with E-state index in [2.05, 4.69) is 113 Å². The smallest absolute Gasteiger partial charge is 0.138 e. The molecule has 0 spiro atoms. The summed E-state index contributed by atoms with van der Waals surface area (Å²) in [6.07, 6.45) is 21.8. The van der Waals surface area contributed by atoms with Gasteiger partial charge >= 0.3 is 0 Å². The molecule has 3 nitrogen and oxygen atoms in total. The van der Waals surface area contributed by atoms with Crippen LogP contribution in [0, 0.1) is 0 Å². The van der Waals surface area contributed by atoms with E-state index in [9.17, 15) is 0 Å². The average molecular weight is 568 g/mol. The number of fused-ring (bicyclic) bond motifs is 5. The summed E-state index contributed by atoms with van der Waals surface area (Å²) in [5.41, 5.74) is 17.5. The zero-order valence-electron chi connectivity index (χ0n) is 24.8. The lowest BCUT2D eigenvalue weighted by atomic mass is 9.84. The number of hydrogen-bond donors (Lipinski definition) is 0. The molecule has 4 aliphatic carbocycles. The summed E-state index contributed by atoms with van der Waals surface area (Å²) in [6.45, 7) is 0. The molecule has 5 aromatic rings. The summed E-state index contributed by atoms with van der Waals surface area (Å²) < 4.78 is 2.40. The molecule has 0 bridgehead atoms. The molecule has 3 heterocycles. The SMILES string of the molecule is C1=C(C2=Cc3c(n(-c4cc(-c5ccccc5)cc(-c5ccccc5)n4)c4ccncc34)CC2)CCC2=C1C1=CCCC=C1C2. The Morgan fingerprint density at radius 3 is 2.30 bits per heavy atom. The lowest BCUT2D eigenvalue weighted by molar-refractivity contribution is 0.817. The third kappa shape index (κ3) is 4.18. The molecule has 0 radical (unpaired) electrons. The number of benzene rings is 2. The molecule has 3 aromatic heterocycles. The van der Waals surface area contributed by atoms with Crippen LogP contribution in [-0.2, 0) is 6.42 Å². The highest BCUT2D eigenvalue weighted by atomic mass is 15.1. The van der Waals surface area contributed by atoms with Gasteiger partial charge in [0.25, 0.3) is 0 Å². The Balaban J connectivity index is 1.19. The summed E-state index contributed by atoms with van der Waals surface area (Å²) in [4.78, 5) is 9.89. The summed E-state index contributed by atoms with van der Waals surface area (Å²) in [7, 11) is 0. The fourth-order valence-corrected chi connectivity index (χ4v) is 7.70. The molecule has 0 unspecified atom stereocenters. The molecule has 0 atom stereocenters. The quantitative estimate of drug-likeness (QED) is 0.216. The summed E-state index contributed by atoms with van der Waals surface area (Å²) >= 11 is 0. The lowest BCUT2D eigenvalue weighted by Gasteiger charge is -2.22. The molecule has 0 fully saturated rings. The van der Waals surface area contributed by atoms with Gasteiger partial charge in [-0.1, -0.05) is 84.5 Å². The van der Waals surface area contributed by atoms with E-state index in [0.29, 0.717) is 0 Å². The maximum atomic E-state index is 5.31.